The quantitative estimate of drug-likeness (QED) is 0.369. The summed E-state index contributed by atoms with van der Waals surface area (Å²) < 4.78 is 5.96. The van der Waals surface area contributed by atoms with Crippen LogP contribution in [-0.4, -0.2) is 33.1 Å². The van der Waals surface area contributed by atoms with Crippen LogP contribution in [0.5, 0.6) is 0 Å². The minimum absolute atomic E-state index is 0.0327. The second-order valence-electron chi connectivity index (χ2n) is 8.51. The SMILES string of the molecule is O=C(O)c1ccc(-c2ccc(/C=C3\SC(=Nc4ccccc4)N(C4CCCCC4)C3=O)o2)cc1Cl. The van der Waals surface area contributed by atoms with Gasteiger partial charge in [-0.2, -0.15) is 0 Å². The van der Waals surface area contributed by atoms with Gasteiger partial charge in [0.25, 0.3) is 5.91 Å². The summed E-state index contributed by atoms with van der Waals surface area (Å²) in [6.07, 6.45) is 7.12. The number of aliphatic imine (C=N–C) groups is 1. The van der Waals surface area contributed by atoms with E-state index in [1.165, 1.54) is 24.2 Å². The Morgan fingerprint density at radius 3 is 2.57 bits per heavy atom. The highest BCUT2D eigenvalue weighted by molar-refractivity contribution is 8.18. The number of carbonyl (C=O) groups is 2. The van der Waals surface area contributed by atoms with Gasteiger partial charge in [-0.25, -0.2) is 9.79 Å². The number of amidine groups is 1. The first-order valence-corrected chi connectivity index (χ1v) is 12.7. The molecule has 2 heterocycles. The van der Waals surface area contributed by atoms with Gasteiger partial charge in [-0.1, -0.05) is 55.1 Å². The van der Waals surface area contributed by atoms with Crippen molar-refractivity contribution in [1.29, 1.82) is 0 Å². The molecule has 2 fully saturated rings. The fraction of sp³-hybridized carbons (Fsp3) is 0.222. The third kappa shape index (κ3) is 5.06. The van der Waals surface area contributed by atoms with E-state index in [0.29, 0.717) is 27.2 Å². The maximum Gasteiger partial charge on any atom is 0.337 e. The standard InChI is InChI=1S/C27H23ClN2O4S/c28-22-15-17(11-13-21(22)26(32)33)23-14-12-20(34-23)16-24-25(31)30(19-9-5-2-6-10-19)27(35-24)29-18-7-3-1-4-8-18/h1,3-4,7-8,11-16,19H,2,5-6,9-10H2,(H,32,33)/b24-16-,29-27?. The summed E-state index contributed by atoms with van der Waals surface area (Å²) in [6.45, 7) is 0. The van der Waals surface area contributed by atoms with E-state index in [9.17, 15) is 14.7 Å². The van der Waals surface area contributed by atoms with Crippen LogP contribution in [-0.2, 0) is 4.79 Å². The fourth-order valence-corrected chi connectivity index (χ4v) is 5.70. The first-order chi connectivity index (χ1) is 17.0. The molecule has 1 aliphatic heterocycles. The maximum absolute atomic E-state index is 13.5. The second-order valence-corrected chi connectivity index (χ2v) is 9.93. The fourth-order valence-electron chi connectivity index (χ4n) is 4.40. The van der Waals surface area contributed by atoms with Gasteiger partial charge in [0, 0.05) is 17.7 Å². The van der Waals surface area contributed by atoms with Gasteiger partial charge in [0.1, 0.15) is 11.5 Å². The summed E-state index contributed by atoms with van der Waals surface area (Å²) in [7, 11) is 0. The number of rotatable bonds is 5. The Hall–Kier alpha value is -3.29. The second kappa shape index (κ2) is 10.1. The zero-order valence-electron chi connectivity index (χ0n) is 18.8. The minimum atomic E-state index is -1.08. The number of hydrogen-bond acceptors (Lipinski definition) is 5. The molecule has 1 N–H and O–H groups in total. The summed E-state index contributed by atoms with van der Waals surface area (Å²) in [5.74, 6) is -0.0747. The predicted molar refractivity (Wildman–Crippen MR) is 139 cm³/mol. The van der Waals surface area contributed by atoms with Gasteiger partial charge >= 0.3 is 5.97 Å². The van der Waals surface area contributed by atoms with Crippen LogP contribution in [0.1, 0.15) is 48.2 Å². The summed E-state index contributed by atoms with van der Waals surface area (Å²) in [6, 6.07) is 18.0. The van der Waals surface area contributed by atoms with E-state index in [2.05, 4.69) is 0 Å². The molecule has 5 rings (SSSR count). The molecular weight excluding hydrogens is 484 g/mol. The molecule has 178 valence electrons. The lowest BCUT2D eigenvalue weighted by atomic mass is 9.94. The summed E-state index contributed by atoms with van der Waals surface area (Å²) >= 11 is 7.47. The van der Waals surface area contributed by atoms with Gasteiger partial charge in [0.15, 0.2) is 5.17 Å². The number of para-hydroxylation sites is 1. The molecule has 1 aromatic heterocycles. The summed E-state index contributed by atoms with van der Waals surface area (Å²) in [5.41, 5.74) is 1.50. The molecule has 35 heavy (non-hydrogen) atoms. The van der Waals surface area contributed by atoms with Crippen molar-refractivity contribution in [1.82, 2.24) is 4.90 Å². The Morgan fingerprint density at radius 1 is 1.09 bits per heavy atom. The molecule has 1 saturated carbocycles. The van der Waals surface area contributed by atoms with Crippen LogP contribution in [0.15, 0.2) is 75.0 Å². The molecule has 1 saturated heterocycles. The van der Waals surface area contributed by atoms with Gasteiger partial charge in [0.05, 0.1) is 21.2 Å². The zero-order chi connectivity index (χ0) is 24.4. The predicted octanol–water partition coefficient (Wildman–Crippen LogP) is 7.23. The number of nitrogens with zero attached hydrogens (tertiary/aromatic N) is 2. The average molecular weight is 507 g/mol. The maximum atomic E-state index is 13.5. The number of thioether (sulfide) groups is 1. The largest absolute Gasteiger partial charge is 0.478 e. The number of aromatic carboxylic acids is 1. The van der Waals surface area contributed by atoms with Crippen LogP contribution >= 0.6 is 23.4 Å². The van der Waals surface area contributed by atoms with Gasteiger partial charge in [-0.3, -0.25) is 9.69 Å². The molecule has 0 spiro atoms. The smallest absolute Gasteiger partial charge is 0.337 e. The molecule has 2 aliphatic rings. The molecule has 8 heteroatoms. The average Bonchev–Trinajstić information content (AvgIpc) is 3.44. The third-order valence-corrected chi connectivity index (χ3v) is 7.44. The van der Waals surface area contributed by atoms with E-state index >= 15 is 0 Å². The number of furan rings is 1. The molecule has 0 unspecified atom stereocenters. The van der Waals surface area contributed by atoms with Crippen molar-refractivity contribution in [2.45, 2.75) is 38.1 Å². The lowest BCUT2D eigenvalue weighted by Gasteiger charge is -2.30. The Morgan fingerprint density at radius 2 is 1.86 bits per heavy atom. The van der Waals surface area contributed by atoms with Crippen LogP contribution in [0, 0.1) is 0 Å². The van der Waals surface area contributed by atoms with E-state index in [-0.39, 0.29) is 22.5 Å². The number of amides is 1. The molecular formula is C27H23ClN2O4S. The Labute approximate surface area is 212 Å². The van der Waals surface area contributed by atoms with Gasteiger partial charge in [0.2, 0.25) is 0 Å². The van der Waals surface area contributed by atoms with Gasteiger partial charge < -0.3 is 9.52 Å². The first-order valence-electron chi connectivity index (χ1n) is 11.5. The van der Waals surface area contributed by atoms with Crippen LogP contribution in [0.2, 0.25) is 5.02 Å². The highest BCUT2D eigenvalue weighted by atomic mass is 35.5. The van der Waals surface area contributed by atoms with Crippen LogP contribution in [0.4, 0.5) is 5.69 Å². The van der Waals surface area contributed by atoms with Gasteiger partial charge in [-0.05, 0) is 61.0 Å². The van der Waals surface area contributed by atoms with Crippen molar-refractivity contribution in [3.8, 4) is 11.3 Å². The van der Waals surface area contributed by atoms with Gasteiger partial charge in [-0.15, -0.1) is 0 Å². The lowest BCUT2D eigenvalue weighted by Crippen LogP contribution is -2.40. The van der Waals surface area contributed by atoms with E-state index in [1.807, 2.05) is 35.2 Å². The number of hydrogen-bond donors (Lipinski definition) is 1. The lowest BCUT2D eigenvalue weighted by molar-refractivity contribution is -0.124. The highest BCUT2D eigenvalue weighted by Gasteiger charge is 2.38. The van der Waals surface area contributed by atoms with Crippen molar-refractivity contribution in [3.63, 3.8) is 0 Å². The number of benzene rings is 2. The Balaban J connectivity index is 1.44. The van der Waals surface area contributed by atoms with Crippen molar-refractivity contribution < 1.29 is 19.1 Å². The first kappa shape index (κ1) is 23.5. The minimum Gasteiger partial charge on any atom is -0.478 e. The van der Waals surface area contributed by atoms with E-state index in [4.69, 9.17) is 21.0 Å². The monoisotopic (exact) mass is 506 g/mol. The molecule has 3 aromatic rings. The third-order valence-electron chi connectivity index (χ3n) is 6.14. The number of carboxylic acid groups (broad SMARTS) is 1. The highest BCUT2D eigenvalue weighted by Crippen LogP contribution is 2.39. The molecule has 6 nitrogen and oxygen atoms in total. The number of carboxylic acids is 1. The molecule has 1 aliphatic carbocycles. The van der Waals surface area contributed by atoms with Crippen molar-refractivity contribution in [2.24, 2.45) is 4.99 Å². The topological polar surface area (TPSA) is 83.1 Å². The van der Waals surface area contributed by atoms with Crippen molar-refractivity contribution >= 4 is 52.2 Å². The Kier molecular flexibility index (Phi) is 6.79. The zero-order valence-corrected chi connectivity index (χ0v) is 20.4. The number of carbonyl (C=O) groups excluding carboxylic acids is 1. The molecule has 0 radical (unpaired) electrons. The molecule has 0 atom stereocenters. The number of halogens is 1. The van der Waals surface area contributed by atoms with Crippen molar-refractivity contribution in [3.05, 3.63) is 81.9 Å². The van der Waals surface area contributed by atoms with Crippen LogP contribution < -0.4 is 0 Å². The van der Waals surface area contributed by atoms with E-state index < -0.39 is 5.97 Å². The molecule has 1 amide bonds. The normalized spacial score (nSPS) is 19.1. The Bertz CT molecular complexity index is 1330. The molecule has 2 aromatic carbocycles. The van der Waals surface area contributed by atoms with E-state index in [0.717, 1.165) is 31.4 Å². The summed E-state index contributed by atoms with van der Waals surface area (Å²) in [4.78, 5) is 31.9. The van der Waals surface area contributed by atoms with E-state index in [1.54, 1.807) is 30.3 Å². The van der Waals surface area contributed by atoms with Crippen molar-refractivity contribution in [2.75, 3.05) is 0 Å². The van der Waals surface area contributed by atoms with Crippen LogP contribution in [0.25, 0.3) is 17.4 Å². The summed E-state index contributed by atoms with van der Waals surface area (Å²) in [5, 5.41) is 10.0. The molecule has 0 bridgehead atoms. The van der Waals surface area contributed by atoms with Crippen LogP contribution in [0.3, 0.4) is 0 Å².